The lowest BCUT2D eigenvalue weighted by Gasteiger charge is -2.26. The Labute approximate surface area is 280 Å². The molecule has 0 saturated carbocycles. The average Bonchev–Trinajstić information content (AvgIpc) is 3.53. The highest BCUT2D eigenvalue weighted by atomic mass is 32.2. The van der Waals surface area contributed by atoms with Crippen LogP contribution >= 0.6 is 7.05 Å². The molecule has 0 aliphatic rings. The lowest BCUT2D eigenvalue weighted by molar-refractivity contribution is 0.323. The van der Waals surface area contributed by atoms with Gasteiger partial charge in [-0.1, -0.05) is 104 Å². The van der Waals surface area contributed by atoms with Crippen LogP contribution in [0.15, 0.2) is 124 Å². The van der Waals surface area contributed by atoms with E-state index >= 15 is 0 Å². The van der Waals surface area contributed by atoms with Crippen molar-refractivity contribution in [3.8, 4) is 17.2 Å². The van der Waals surface area contributed by atoms with Gasteiger partial charge in [0.1, 0.15) is 6.33 Å². The number of nitrogens with zero attached hydrogens (tertiary/aromatic N) is 5. The Bertz CT molecular complexity index is 2080. The van der Waals surface area contributed by atoms with Crippen molar-refractivity contribution in [2.45, 2.75) is 36.4 Å². The first-order valence-electron chi connectivity index (χ1n) is 15.4. The molecule has 0 aliphatic carbocycles. The van der Waals surface area contributed by atoms with Crippen LogP contribution in [0.25, 0.3) is 11.2 Å². The van der Waals surface area contributed by atoms with Gasteiger partial charge >= 0.3 is 0 Å². The zero-order valence-corrected chi connectivity index (χ0v) is 28.9. The summed E-state index contributed by atoms with van der Waals surface area (Å²) in [5.41, 5.74) is 0.683. The van der Waals surface area contributed by atoms with E-state index in [-0.39, 0.29) is 27.3 Å². The summed E-state index contributed by atoms with van der Waals surface area (Å²) >= 11 is 0. The van der Waals surface area contributed by atoms with Crippen molar-refractivity contribution in [2.75, 3.05) is 21.3 Å². The lowest BCUT2D eigenvalue weighted by atomic mass is 10.3. The summed E-state index contributed by atoms with van der Waals surface area (Å²) in [5.74, 6) is 1.02. The summed E-state index contributed by atoms with van der Waals surface area (Å²) in [6.07, 6.45) is 2.96. The van der Waals surface area contributed by atoms with Crippen molar-refractivity contribution in [3.63, 3.8) is 0 Å². The average molecular weight is 682 g/mol. The summed E-state index contributed by atoms with van der Waals surface area (Å²) in [7, 11) is -2.64. The van der Waals surface area contributed by atoms with Crippen LogP contribution in [0.3, 0.4) is 0 Å². The molecule has 12 heteroatoms. The fourth-order valence-electron chi connectivity index (χ4n) is 5.71. The fourth-order valence-corrected chi connectivity index (χ4v) is 10.6. The van der Waals surface area contributed by atoms with E-state index < -0.39 is 16.9 Å². The molecule has 0 unspecified atom stereocenters. The molecule has 0 spiro atoms. The highest BCUT2D eigenvalue weighted by Crippen LogP contribution is 2.50. The van der Waals surface area contributed by atoms with Crippen LogP contribution in [0, 0.1) is 0 Å². The van der Waals surface area contributed by atoms with E-state index in [9.17, 15) is 8.42 Å². The molecule has 6 rings (SSSR count). The van der Waals surface area contributed by atoms with E-state index in [0.717, 1.165) is 22.3 Å². The van der Waals surface area contributed by atoms with E-state index in [2.05, 4.69) is 46.4 Å². The minimum atomic E-state index is -4.23. The number of ether oxygens (including phenoxy) is 3. The third kappa shape index (κ3) is 5.84. The predicted octanol–water partition coefficient (Wildman–Crippen LogP) is 6.29. The smallest absolute Gasteiger partial charge is 0.240 e. The molecule has 0 bridgehead atoms. The maximum atomic E-state index is 14.5. The second-order valence-corrected chi connectivity index (χ2v) is 15.7. The number of benzene rings is 4. The summed E-state index contributed by atoms with van der Waals surface area (Å²) in [4.78, 5) is 14.0. The molecule has 0 N–H and O–H groups in total. The number of imidazole rings is 1. The minimum absolute atomic E-state index is 0.0591. The largest absolute Gasteiger partial charge is 0.493 e. The maximum absolute atomic E-state index is 14.5. The number of aryl methyl sites for hydroxylation is 1. The van der Waals surface area contributed by atoms with Gasteiger partial charge in [0.05, 0.1) is 33.3 Å². The molecule has 0 amide bonds. The fraction of sp³-hybridized carbons (Fsp3) is 0.194. The second kappa shape index (κ2) is 14.0. The molecule has 0 fully saturated rings. The Balaban J connectivity index is 1.68. The Hall–Kier alpha value is -4.99. The van der Waals surface area contributed by atoms with Gasteiger partial charge in [0.25, 0.3) is 0 Å². The zero-order chi connectivity index (χ0) is 33.7. The Kier molecular flexibility index (Phi) is 9.61. The number of rotatable bonds is 12. The number of hydrogen-bond acceptors (Lipinski definition) is 9. The highest BCUT2D eigenvalue weighted by Gasteiger charge is 2.32. The molecular weight excluding hydrogens is 645 g/mol. The SMILES string of the molecule is CCCCn1c(S(=O)(=O)c2cc(OC)c(OC)c(OC)c2)nc2c(N=P(c3ccccc3)(c3ccccc3)c3ccccc3)ncnc21. The molecular formula is C36H36N5O5PS. The maximum Gasteiger partial charge on any atom is 0.240 e. The van der Waals surface area contributed by atoms with Crippen molar-refractivity contribution < 1.29 is 22.6 Å². The van der Waals surface area contributed by atoms with Crippen LogP contribution < -0.4 is 30.1 Å². The number of methoxy groups -OCH3 is 3. The first-order chi connectivity index (χ1) is 23.4. The van der Waals surface area contributed by atoms with Crippen molar-refractivity contribution >= 4 is 49.8 Å². The van der Waals surface area contributed by atoms with Crippen LogP contribution in [0.2, 0.25) is 0 Å². The quantitative estimate of drug-likeness (QED) is 0.138. The first-order valence-corrected chi connectivity index (χ1v) is 18.7. The molecule has 2 heterocycles. The van der Waals surface area contributed by atoms with Crippen LogP contribution in [-0.2, 0) is 16.4 Å². The van der Waals surface area contributed by atoms with Crippen molar-refractivity contribution in [1.29, 1.82) is 0 Å². The van der Waals surface area contributed by atoms with Crippen molar-refractivity contribution in [2.24, 2.45) is 4.74 Å². The zero-order valence-electron chi connectivity index (χ0n) is 27.1. The summed E-state index contributed by atoms with van der Waals surface area (Å²) in [6, 6.07) is 33.2. The van der Waals surface area contributed by atoms with E-state index in [1.54, 1.807) is 4.57 Å². The molecule has 48 heavy (non-hydrogen) atoms. The van der Waals surface area contributed by atoms with E-state index in [4.69, 9.17) is 23.9 Å². The normalized spacial score (nSPS) is 11.8. The number of fused-ring (bicyclic) bond motifs is 1. The van der Waals surface area contributed by atoms with Gasteiger partial charge in [-0.05, 0) is 6.42 Å². The molecule has 10 nitrogen and oxygen atoms in total. The molecule has 4 aromatic carbocycles. The highest BCUT2D eigenvalue weighted by molar-refractivity contribution is 7.91. The standard InChI is InChI=1S/C36H36N5O5PS/c1-5-6-22-41-35-32(39-36(41)48(42,43)29-23-30(44-2)33(46-4)31(24-29)45-3)34(37-25-38-35)40-47(26-16-10-7-11-17-26,27-18-12-8-13-19-27)28-20-14-9-15-21-28/h7-21,23-25H,5-6,22H2,1-4H3. The molecule has 246 valence electrons. The van der Waals surface area contributed by atoms with E-state index in [1.165, 1.54) is 39.8 Å². The Morgan fingerprint density at radius 1 is 0.750 bits per heavy atom. The predicted molar refractivity (Wildman–Crippen MR) is 189 cm³/mol. The van der Waals surface area contributed by atoms with Crippen LogP contribution in [0.4, 0.5) is 5.82 Å². The number of aromatic nitrogens is 4. The van der Waals surface area contributed by atoms with Crippen molar-refractivity contribution in [3.05, 3.63) is 109 Å². The lowest BCUT2D eigenvalue weighted by Crippen LogP contribution is -2.25. The summed E-state index contributed by atoms with van der Waals surface area (Å²) < 4.78 is 52.5. The van der Waals surface area contributed by atoms with Gasteiger partial charge in [-0.3, -0.25) is 4.57 Å². The van der Waals surface area contributed by atoms with Crippen LogP contribution in [-0.4, -0.2) is 49.3 Å². The van der Waals surface area contributed by atoms with Crippen LogP contribution in [0.5, 0.6) is 17.2 Å². The Morgan fingerprint density at radius 3 is 1.73 bits per heavy atom. The van der Waals surface area contributed by atoms with Gasteiger partial charge in [0, 0.05) is 34.6 Å². The van der Waals surface area contributed by atoms with Crippen LogP contribution in [0.1, 0.15) is 19.8 Å². The van der Waals surface area contributed by atoms with E-state index in [1.807, 2.05) is 61.5 Å². The van der Waals surface area contributed by atoms with E-state index in [0.29, 0.717) is 29.9 Å². The molecule has 6 aromatic rings. The number of unbranched alkanes of at least 4 members (excludes halogenated alkanes) is 1. The molecule has 0 aliphatic heterocycles. The molecule has 0 radical (unpaired) electrons. The topological polar surface area (TPSA) is 118 Å². The summed E-state index contributed by atoms with van der Waals surface area (Å²) in [5, 5.41) is 2.89. The third-order valence-electron chi connectivity index (χ3n) is 8.04. The first kappa shape index (κ1) is 32.9. The molecule has 0 saturated heterocycles. The van der Waals surface area contributed by atoms with Gasteiger partial charge in [0.2, 0.25) is 20.7 Å². The number of hydrogen-bond donors (Lipinski definition) is 0. The summed E-state index contributed by atoms with van der Waals surface area (Å²) in [6.45, 7) is 2.42. The van der Waals surface area contributed by atoms with Gasteiger partial charge in [0.15, 0.2) is 28.5 Å². The monoisotopic (exact) mass is 681 g/mol. The van der Waals surface area contributed by atoms with Gasteiger partial charge in [-0.15, -0.1) is 0 Å². The van der Waals surface area contributed by atoms with Gasteiger partial charge in [-0.25, -0.2) is 28.1 Å². The molecule has 2 aromatic heterocycles. The Morgan fingerprint density at radius 2 is 1.27 bits per heavy atom. The minimum Gasteiger partial charge on any atom is -0.493 e. The van der Waals surface area contributed by atoms with Gasteiger partial charge < -0.3 is 14.2 Å². The number of sulfone groups is 1. The van der Waals surface area contributed by atoms with Crippen molar-refractivity contribution in [1.82, 2.24) is 19.5 Å². The second-order valence-electron chi connectivity index (χ2n) is 10.9. The molecule has 0 atom stereocenters. The third-order valence-corrected chi connectivity index (χ3v) is 13.3. The van der Waals surface area contributed by atoms with Gasteiger partial charge in [-0.2, -0.15) is 0 Å².